The Morgan fingerprint density at radius 2 is 2.21 bits per heavy atom. The minimum Gasteiger partial charge on any atom is -0.441 e. The van der Waals surface area contributed by atoms with Crippen LogP contribution in [0.5, 0.6) is 0 Å². The van der Waals surface area contributed by atoms with E-state index >= 15 is 4.39 Å². The Bertz CT molecular complexity index is 1480. The number of carbonyl (C=O) groups excluding carboxylic acids is 1. The molecule has 4 aromatic rings. The Balaban J connectivity index is 0.982. The predicted molar refractivity (Wildman–Crippen MR) is 136 cm³/mol. The molecule has 3 aliphatic rings. The molecule has 3 N–H and O–H groups in total. The molecule has 1 aliphatic carbocycles. The number of nitrogens with one attached hydrogen (secondary N) is 3. The van der Waals surface area contributed by atoms with Gasteiger partial charge in [-0.05, 0) is 31.9 Å². The molecule has 14 heteroatoms. The molecule has 3 fully saturated rings. The van der Waals surface area contributed by atoms with Gasteiger partial charge in [0.2, 0.25) is 5.95 Å². The van der Waals surface area contributed by atoms with Crippen LogP contribution in [-0.4, -0.2) is 82.9 Å². The van der Waals surface area contributed by atoms with E-state index in [4.69, 9.17) is 14.5 Å². The van der Waals surface area contributed by atoms with E-state index in [1.54, 1.807) is 18.5 Å². The molecule has 7 rings (SSSR count). The maximum atomic E-state index is 15.1. The van der Waals surface area contributed by atoms with Gasteiger partial charge in [0.15, 0.2) is 18.1 Å². The van der Waals surface area contributed by atoms with Crippen LogP contribution in [0.1, 0.15) is 43.3 Å². The molecule has 0 aromatic carbocycles. The summed E-state index contributed by atoms with van der Waals surface area (Å²) in [5.41, 5.74) is 1.88. The fraction of sp³-hybridized carbons (Fsp3) is 0.480. The van der Waals surface area contributed by atoms with Crippen LogP contribution in [0.15, 0.2) is 43.0 Å². The van der Waals surface area contributed by atoms with Crippen molar-refractivity contribution in [2.24, 2.45) is 0 Å². The van der Waals surface area contributed by atoms with E-state index in [0.717, 1.165) is 43.8 Å². The smallest absolute Gasteiger partial charge is 0.408 e. The molecule has 4 aromatic heterocycles. The first kappa shape index (κ1) is 24.0. The van der Waals surface area contributed by atoms with E-state index in [1.807, 2.05) is 40.5 Å². The highest BCUT2D eigenvalue weighted by Gasteiger charge is 2.44. The van der Waals surface area contributed by atoms with Crippen molar-refractivity contribution in [3.63, 3.8) is 0 Å². The third kappa shape index (κ3) is 4.81. The Hall–Kier alpha value is -4.04. The normalized spacial score (nSPS) is 24.5. The predicted octanol–water partition coefficient (Wildman–Crippen LogP) is 2.51. The number of halogens is 1. The summed E-state index contributed by atoms with van der Waals surface area (Å²) in [6.45, 7) is 4.46. The average molecular weight is 537 g/mol. The van der Waals surface area contributed by atoms with Gasteiger partial charge in [0.25, 0.3) is 0 Å². The van der Waals surface area contributed by atoms with Crippen LogP contribution in [0.2, 0.25) is 0 Å². The van der Waals surface area contributed by atoms with Gasteiger partial charge in [0.1, 0.15) is 11.8 Å². The van der Waals surface area contributed by atoms with E-state index < -0.39 is 24.5 Å². The molecule has 0 bridgehead atoms. The van der Waals surface area contributed by atoms with Crippen LogP contribution in [0, 0.1) is 0 Å². The molecule has 1 saturated carbocycles. The number of carbonyl (C=O) groups is 1. The Kier molecular flexibility index (Phi) is 5.74. The number of alkyl halides is 1. The van der Waals surface area contributed by atoms with Gasteiger partial charge in [0.05, 0.1) is 24.0 Å². The molecule has 0 radical (unpaired) electrons. The van der Waals surface area contributed by atoms with Gasteiger partial charge in [0, 0.05) is 56.0 Å². The van der Waals surface area contributed by atoms with Gasteiger partial charge < -0.3 is 20.1 Å². The minimum atomic E-state index is -1.52. The van der Waals surface area contributed by atoms with E-state index in [9.17, 15) is 4.79 Å². The number of ether oxygens (including phenoxy) is 2. The van der Waals surface area contributed by atoms with Crippen LogP contribution in [-0.2, 0) is 16.0 Å². The van der Waals surface area contributed by atoms with Gasteiger partial charge in [-0.15, -0.1) is 0 Å². The molecule has 0 spiro atoms. The van der Waals surface area contributed by atoms with Crippen molar-refractivity contribution in [3.05, 3.63) is 54.4 Å². The van der Waals surface area contributed by atoms with Crippen molar-refractivity contribution in [3.8, 4) is 0 Å². The van der Waals surface area contributed by atoms with Crippen LogP contribution in [0.3, 0.4) is 0 Å². The first-order valence-electron chi connectivity index (χ1n) is 13.0. The summed E-state index contributed by atoms with van der Waals surface area (Å²) >= 11 is 0. The van der Waals surface area contributed by atoms with Crippen molar-refractivity contribution in [2.75, 3.05) is 25.0 Å². The zero-order valence-electron chi connectivity index (χ0n) is 21.3. The standard InChI is InChI=1S/C25H29FN10O3/c1-25(4-5-25)31-24(37)39-18-14-38-22(21(18)26)17-9-19(33-32-17)30-23-27-7-3-20-29-15(11-35(20)23)10-34-12-16(13-34)36-8-2-6-28-36/h2-3,6-9,11,16,18,21-22H,4-5,10,12-14H2,1H3,(H,31,37)(H2,27,30,32,33)/t18-,21-,22-/m0/s1. The monoisotopic (exact) mass is 536 g/mol. The fourth-order valence-electron chi connectivity index (χ4n) is 5.03. The van der Waals surface area contributed by atoms with E-state index in [1.165, 1.54) is 0 Å². The SMILES string of the molecule is CC1(NC(=O)O[C@H]2CO[C@@H](c3cc(Nc4nccc5nc(CN6CC(n7cccn7)C6)cn45)n[nH]3)[C@H]2F)CC1. The number of fused-ring (bicyclic) bond motifs is 1. The van der Waals surface area contributed by atoms with Crippen molar-refractivity contribution in [1.82, 2.24) is 44.6 Å². The quantitative estimate of drug-likeness (QED) is 0.310. The highest BCUT2D eigenvalue weighted by atomic mass is 19.1. The zero-order valence-corrected chi connectivity index (χ0v) is 21.3. The lowest BCUT2D eigenvalue weighted by molar-refractivity contribution is 0.0604. The lowest BCUT2D eigenvalue weighted by Crippen LogP contribution is -2.47. The Labute approximate surface area is 222 Å². The molecule has 3 atom stereocenters. The van der Waals surface area contributed by atoms with Crippen molar-refractivity contribution in [1.29, 1.82) is 0 Å². The molecule has 2 saturated heterocycles. The van der Waals surface area contributed by atoms with Gasteiger partial charge >= 0.3 is 6.09 Å². The molecule has 39 heavy (non-hydrogen) atoms. The van der Waals surface area contributed by atoms with E-state index in [-0.39, 0.29) is 12.1 Å². The average Bonchev–Trinajstić information content (AvgIpc) is 3.42. The lowest BCUT2D eigenvalue weighted by atomic mass is 10.1. The van der Waals surface area contributed by atoms with Crippen molar-refractivity contribution < 1.29 is 18.7 Å². The van der Waals surface area contributed by atoms with Gasteiger partial charge in [-0.25, -0.2) is 19.2 Å². The van der Waals surface area contributed by atoms with Crippen LogP contribution in [0.25, 0.3) is 5.65 Å². The molecule has 0 unspecified atom stereocenters. The second-order valence-corrected chi connectivity index (χ2v) is 10.7. The van der Waals surface area contributed by atoms with Crippen molar-refractivity contribution in [2.45, 2.75) is 56.3 Å². The number of H-pyrrole nitrogens is 1. The number of amides is 1. The lowest BCUT2D eigenvalue weighted by Gasteiger charge is -2.38. The summed E-state index contributed by atoms with van der Waals surface area (Å²) in [4.78, 5) is 23.6. The van der Waals surface area contributed by atoms with Gasteiger partial charge in [-0.2, -0.15) is 10.2 Å². The number of rotatable bonds is 8. The van der Waals surface area contributed by atoms with E-state index in [2.05, 4.69) is 35.8 Å². The number of nitrogens with zero attached hydrogens (tertiary/aromatic N) is 7. The number of aromatic nitrogens is 7. The number of hydrogen-bond acceptors (Lipinski definition) is 9. The summed E-state index contributed by atoms with van der Waals surface area (Å²) in [5, 5.41) is 17.4. The Morgan fingerprint density at radius 3 is 3.00 bits per heavy atom. The summed E-state index contributed by atoms with van der Waals surface area (Å²) in [6, 6.07) is 5.84. The molecular weight excluding hydrogens is 507 g/mol. The van der Waals surface area contributed by atoms with Crippen LogP contribution >= 0.6 is 0 Å². The van der Waals surface area contributed by atoms with Crippen LogP contribution < -0.4 is 10.6 Å². The highest BCUT2D eigenvalue weighted by molar-refractivity contribution is 5.69. The maximum absolute atomic E-state index is 15.1. The number of hydrogen-bond donors (Lipinski definition) is 3. The van der Waals surface area contributed by atoms with E-state index in [0.29, 0.717) is 23.5 Å². The fourth-order valence-corrected chi connectivity index (χ4v) is 5.03. The summed E-state index contributed by atoms with van der Waals surface area (Å²) < 4.78 is 29.9. The van der Waals surface area contributed by atoms with Gasteiger partial charge in [-0.3, -0.25) is 19.1 Å². The largest absolute Gasteiger partial charge is 0.441 e. The number of imidazole rings is 1. The number of alkyl carbamates (subject to hydrolysis) is 1. The third-order valence-electron chi connectivity index (χ3n) is 7.54. The van der Waals surface area contributed by atoms with Gasteiger partial charge in [-0.1, -0.05) is 0 Å². The third-order valence-corrected chi connectivity index (χ3v) is 7.54. The maximum Gasteiger partial charge on any atom is 0.408 e. The summed E-state index contributed by atoms with van der Waals surface area (Å²) in [6.07, 6.45) is 5.14. The number of aromatic amines is 1. The summed E-state index contributed by atoms with van der Waals surface area (Å²) in [7, 11) is 0. The van der Waals surface area contributed by atoms with Crippen molar-refractivity contribution >= 4 is 23.5 Å². The van der Waals surface area contributed by atoms with Crippen LogP contribution in [0.4, 0.5) is 21.0 Å². The first-order valence-corrected chi connectivity index (χ1v) is 13.0. The molecule has 13 nitrogen and oxygen atoms in total. The topological polar surface area (TPSA) is 140 Å². The molecule has 1 amide bonds. The zero-order chi connectivity index (χ0) is 26.6. The molecular formula is C25H29FN10O3. The molecule has 2 aliphatic heterocycles. The Morgan fingerprint density at radius 1 is 1.33 bits per heavy atom. The second kappa shape index (κ2) is 9.31. The number of anilines is 2. The second-order valence-electron chi connectivity index (χ2n) is 10.7. The number of likely N-dealkylation sites (tertiary alicyclic amines) is 1. The molecule has 204 valence electrons. The molecule has 6 heterocycles. The minimum absolute atomic E-state index is 0.0316. The summed E-state index contributed by atoms with van der Waals surface area (Å²) in [5.74, 6) is 0.975. The highest BCUT2D eigenvalue weighted by Crippen LogP contribution is 2.36. The first-order chi connectivity index (χ1) is 18.9.